The lowest BCUT2D eigenvalue weighted by Gasteiger charge is -2.18. The Morgan fingerprint density at radius 2 is 2.38 bits per heavy atom. The van der Waals surface area contributed by atoms with Gasteiger partial charge in [0.05, 0.1) is 11.4 Å². The van der Waals surface area contributed by atoms with Gasteiger partial charge in [0.25, 0.3) is 5.22 Å². The number of rotatable bonds is 4. The molecule has 3 nitrogen and oxygen atoms in total. The van der Waals surface area contributed by atoms with E-state index < -0.39 is 0 Å². The van der Waals surface area contributed by atoms with E-state index in [4.69, 9.17) is 10.2 Å². The third kappa shape index (κ3) is 2.48. The molecule has 2 unspecified atom stereocenters. The lowest BCUT2D eigenvalue weighted by Crippen LogP contribution is -2.22. The van der Waals surface area contributed by atoms with Gasteiger partial charge in [-0.25, -0.2) is 4.98 Å². The summed E-state index contributed by atoms with van der Waals surface area (Å²) in [5.74, 6) is 0. The van der Waals surface area contributed by atoms with Crippen molar-refractivity contribution < 1.29 is 4.42 Å². The minimum Gasteiger partial charge on any atom is -0.440 e. The van der Waals surface area contributed by atoms with Gasteiger partial charge in [-0.05, 0) is 30.9 Å². The molecule has 5 heteroatoms. The molecule has 0 saturated heterocycles. The second kappa shape index (κ2) is 5.03. The first kappa shape index (κ1) is 11.7. The van der Waals surface area contributed by atoms with E-state index in [9.17, 15) is 0 Å². The largest absolute Gasteiger partial charge is 0.440 e. The number of hydrogen-bond donors (Lipinski definition) is 1. The highest BCUT2D eigenvalue weighted by Gasteiger charge is 2.22. The van der Waals surface area contributed by atoms with Gasteiger partial charge in [0, 0.05) is 10.9 Å². The summed E-state index contributed by atoms with van der Waals surface area (Å²) < 4.78 is 5.25. The summed E-state index contributed by atoms with van der Waals surface area (Å²) in [6, 6.07) is 2.18. The highest BCUT2D eigenvalue weighted by atomic mass is 32.2. The van der Waals surface area contributed by atoms with Gasteiger partial charge >= 0.3 is 0 Å². The van der Waals surface area contributed by atoms with Crippen LogP contribution in [0.1, 0.15) is 22.6 Å². The average Bonchev–Trinajstić information content (AvgIpc) is 2.85. The molecule has 0 radical (unpaired) electrons. The van der Waals surface area contributed by atoms with E-state index in [0.717, 1.165) is 0 Å². The van der Waals surface area contributed by atoms with Crippen molar-refractivity contribution in [1.82, 2.24) is 4.98 Å². The summed E-state index contributed by atoms with van der Waals surface area (Å²) in [5.41, 5.74) is 7.31. The molecular formula is C11H14N2OS2. The van der Waals surface area contributed by atoms with Gasteiger partial charge in [0.2, 0.25) is 0 Å². The highest BCUT2D eigenvalue weighted by Crippen LogP contribution is 2.40. The van der Waals surface area contributed by atoms with Gasteiger partial charge in [0.1, 0.15) is 6.26 Å². The van der Waals surface area contributed by atoms with Crippen LogP contribution < -0.4 is 5.73 Å². The van der Waals surface area contributed by atoms with Gasteiger partial charge in [-0.3, -0.25) is 0 Å². The number of thiophene rings is 1. The van der Waals surface area contributed by atoms with Crippen LogP contribution in [-0.4, -0.2) is 11.0 Å². The number of nitrogens with two attached hydrogens (primary N) is 1. The molecule has 2 N–H and O–H groups in total. The fourth-order valence-electron chi connectivity index (χ4n) is 1.45. The smallest absolute Gasteiger partial charge is 0.256 e. The quantitative estimate of drug-likeness (QED) is 0.851. The minimum absolute atomic E-state index is 0.0641. The van der Waals surface area contributed by atoms with E-state index in [-0.39, 0.29) is 11.3 Å². The van der Waals surface area contributed by atoms with Crippen molar-refractivity contribution in [2.75, 3.05) is 0 Å². The SMILES string of the molecule is Cc1ccsc1C(Sc1ncco1)C(C)N. The molecular weight excluding hydrogens is 240 g/mol. The summed E-state index contributed by atoms with van der Waals surface area (Å²) >= 11 is 3.32. The van der Waals surface area contributed by atoms with Crippen molar-refractivity contribution in [1.29, 1.82) is 0 Å². The zero-order valence-electron chi connectivity index (χ0n) is 9.21. The monoisotopic (exact) mass is 254 g/mol. The molecule has 0 amide bonds. The van der Waals surface area contributed by atoms with E-state index in [0.29, 0.717) is 5.22 Å². The Hall–Kier alpha value is -0.780. The number of hydrogen-bond acceptors (Lipinski definition) is 5. The molecule has 0 fully saturated rings. The first-order chi connectivity index (χ1) is 7.68. The lowest BCUT2D eigenvalue weighted by molar-refractivity contribution is 0.452. The standard InChI is InChI=1S/C11H14N2OS2/c1-7-3-6-15-9(7)10(8(2)12)16-11-13-4-5-14-11/h3-6,8,10H,12H2,1-2H3. The van der Waals surface area contributed by atoms with Crippen molar-refractivity contribution in [3.63, 3.8) is 0 Å². The zero-order chi connectivity index (χ0) is 11.5. The number of aromatic nitrogens is 1. The van der Waals surface area contributed by atoms with Crippen LogP contribution in [0.3, 0.4) is 0 Å². The summed E-state index contributed by atoms with van der Waals surface area (Å²) in [5, 5.41) is 2.98. The molecule has 0 bridgehead atoms. The molecule has 2 atom stereocenters. The summed E-state index contributed by atoms with van der Waals surface area (Å²) in [6.07, 6.45) is 3.24. The molecule has 86 valence electrons. The molecule has 2 aromatic heterocycles. The van der Waals surface area contributed by atoms with Crippen LogP contribution in [0.5, 0.6) is 0 Å². The Morgan fingerprint density at radius 1 is 1.56 bits per heavy atom. The number of thioether (sulfide) groups is 1. The van der Waals surface area contributed by atoms with Crippen LogP contribution in [0.25, 0.3) is 0 Å². The molecule has 0 aliphatic heterocycles. The molecule has 0 spiro atoms. The Morgan fingerprint density at radius 3 is 2.88 bits per heavy atom. The first-order valence-corrected chi connectivity index (χ1v) is 6.80. The fraction of sp³-hybridized carbons (Fsp3) is 0.364. The van der Waals surface area contributed by atoms with Gasteiger partial charge < -0.3 is 10.2 Å². The van der Waals surface area contributed by atoms with Crippen molar-refractivity contribution in [3.8, 4) is 0 Å². The summed E-state index contributed by atoms with van der Waals surface area (Å²) in [7, 11) is 0. The van der Waals surface area contributed by atoms with E-state index in [2.05, 4.69) is 23.4 Å². The van der Waals surface area contributed by atoms with Crippen LogP contribution in [0.2, 0.25) is 0 Å². The maximum atomic E-state index is 6.03. The Bertz CT molecular complexity index is 437. The molecule has 0 saturated carbocycles. The molecule has 2 rings (SSSR count). The first-order valence-electron chi connectivity index (χ1n) is 5.04. The molecule has 16 heavy (non-hydrogen) atoms. The third-order valence-electron chi connectivity index (χ3n) is 2.28. The van der Waals surface area contributed by atoms with E-state index in [1.54, 1.807) is 35.6 Å². The van der Waals surface area contributed by atoms with E-state index in [1.807, 2.05) is 6.92 Å². The summed E-state index contributed by atoms with van der Waals surface area (Å²) in [4.78, 5) is 5.43. The molecule has 0 aliphatic rings. The number of aryl methyl sites for hydroxylation is 1. The zero-order valence-corrected chi connectivity index (χ0v) is 10.8. The van der Waals surface area contributed by atoms with Gasteiger partial charge in [0.15, 0.2) is 0 Å². The predicted octanol–water partition coefficient (Wildman–Crippen LogP) is 3.23. The average molecular weight is 254 g/mol. The lowest BCUT2D eigenvalue weighted by atomic mass is 10.1. The fourth-order valence-corrected chi connectivity index (χ4v) is 3.74. The van der Waals surface area contributed by atoms with Crippen LogP contribution in [0.15, 0.2) is 33.5 Å². The van der Waals surface area contributed by atoms with Crippen molar-refractivity contribution >= 4 is 23.1 Å². The van der Waals surface area contributed by atoms with E-state index >= 15 is 0 Å². The predicted molar refractivity (Wildman–Crippen MR) is 67.8 cm³/mol. The second-order valence-electron chi connectivity index (χ2n) is 3.66. The molecule has 0 aliphatic carbocycles. The minimum atomic E-state index is 0.0641. The second-order valence-corrected chi connectivity index (χ2v) is 5.70. The van der Waals surface area contributed by atoms with Gasteiger partial charge in [-0.2, -0.15) is 0 Å². The van der Waals surface area contributed by atoms with Crippen LogP contribution in [0.4, 0.5) is 0 Å². The Balaban J connectivity index is 2.21. The normalized spacial score (nSPS) is 14.9. The van der Waals surface area contributed by atoms with Crippen molar-refractivity contribution in [2.45, 2.75) is 30.4 Å². The highest BCUT2D eigenvalue weighted by molar-refractivity contribution is 7.99. The maximum Gasteiger partial charge on any atom is 0.256 e. The molecule has 2 aromatic rings. The Kier molecular flexibility index (Phi) is 3.68. The van der Waals surface area contributed by atoms with Gasteiger partial charge in [-0.15, -0.1) is 11.3 Å². The Labute approximate surface area is 103 Å². The van der Waals surface area contributed by atoms with Gasteiger partial charge in [-0.1, -0.05) is 11.8 Å². The third-order valence-corrected chi connectivity index (χ3v) is 4.85. The number of nitrogens with zero attached hydrogens (tertiary/aromatic N) is 1. The van der Waals surface area contributed by atoms with Crippen LogP contribution in [0, 0.1) is 6.92 Å². The number of oxazole rings is 1. The summed E-state index contributed by atoms with van der Waals surface area (Å²) in [6.45, 7) is 4.12. The molecule has 2 heterocycles. The topological polar surface area (TPSA) is 52.0 Å². The van der Waals surface area contributed by atoms with Crippen LogP contribution >= 0.6 is 23.1 Å². The maximum absolute atomic E-state index is 6.03. The molecule has 0 aromatic carbocycles. The van der Waals surface area contributed by atoms with Crippen molar-refractivity contribution in [3.05, 3.63) is 34.3 Å². The van der Waals surface area contributed by atoms with Crippen LogP contribution in [-0.2, 0) is 0 Å². The van der Waals surface area contributed by atoms with Crippen molar-refractivity contribution in [2.24, 2.45) is 5.73 Å². The van der Waals surface area contributed by atoms with E-state index in [1.165, 1.54) is 10.4 Å².